The number of aromatic nitrogens is 1. The minimum Gasteiger partial charge on any atom is -0.389 e. The molecule has 1 aromatic rings. The topological polar surface area (TPSA) is 36.4 Å². The summed E-state index contributed by atoms with van der Waals surface area (Å²) < 4.78 is 0. The van der Waals surface area contributed by atoms with Gasteiger partial charge in [-0.3, -0.25) is 0 Å². The van der Waals surface area contributed by atoms with Crippen LogP contribution in [0.4, 0.5) is 5.82 Å². The fourth-order valence-corrected chi connectivity index (χ4v) is 3.47. The van der Waals surface area contributed by atoms with E-state index in [1.165, 1.54) is 24.8 Å². The van der Waals surface area contributed by atoms with E-state index in [1.807, 2.05) is 12.3 Å². The number of pyridine rings is 1. The van der Waals surface area contributed by atoms with Crippen molar-refractivity contribution in [1.29, 1.82) is 0 Å². The van der Waals surface area contributed by atoms with Gasteiger partial charge in [-0.1, -0.05) is 12.8 Å². The van der Waals surface area contributed by atoms with E-state index in [9.17, 15) is 5.11 Å². The van der Waals surface area contributed by atoms with Crippen LogP contribution in [-0.4, -0.2) is 28.8 Å². The standard InChI is InChI=1S/C15H22N2O/c1-12-5-8-16-14(10-12)17-9-7-15(18)6-3-2-4-13(15)11-17/h5,8,10,13,18H,2-4,6-7,9,11H2,1H3. The Morgan fingerprint density at radius 3 is 3.11 bits per heavy atom. The van der Waals surface area contributed by atoms with Gasteiger partial charge in [-0.15, -0.1) is 0 Å². The Bertz CT molecular complexity index is 434. The number of rotatable bonds is 1. The molecule has 0 aromatic carbocycles. The van der Waals surface area contributed by atoms with Gasteiger partial charge in [0.05, 0.1) is 5.60 Å². The van der Waals surface area contributed by atoms with Crippen molar-refractivity contribution in [3.63, 3.8) is 0 Å². The molecule has 98 valence electrons. The maximum atomic E-state index is 10.7. The Balaban J connectivity index is 1.77. The van der Waals surface area contributed by atoms with Crippen molar-refractivity contribution in [2.45, 2.75) is 44.6 Å². The normalized spacial score (nSPS) is 32.1. The molecular formula is C15H22N2O. The quantitative estimate of drug-likeness (QED) is 0.827. The third-order valence-corrected chi connectivity index (χ3v) is 4.65. The number of hydrogen-bond acceptors (Lipinski definition) is 3. The van der Waals surface area contributed by atoms with Crippen LogP contribution < -0.4 is 4.90 Å². The van der Waals surface area contributed by atoms with Crippen molar-refractivity contribution in [2.24, 2.45) is 5.92 Å². The first-order valence-corrected chi connectivity index (χ1v) is 7.07. The Hall–Kier alpha value is -1.09. The average Bonchev–Trinajstić information content (AvgIpc) is 2.37. The molecule has 1 aliphatic carbocycles. The maximum Gasteiger partial charge on any atom is 0.128 e. The monoisotopic (exact) mass is 246 g/mol. The molecule has 0 radical (unpaired) electrons. The molecule has 2 unspecified atom stereocenters. The zero-order valence-electron chi connectivity index (χ0n) is 11.1. The van der Waals surface area contributed by atoms with Gasteiger partial charge < -0.3 is 10.0 Å². The summed E-state index contributed by atoms with van der Waals surface area (Å²) >= 11 is 0. The number of anilines is 1. The molecule has 2 atom stereocenters. The van der Waals surface area contributed by atoms with Crippen LogP contribution in [0.15, 0.2) is 18.3 Å². The molecule has 1 N–H and O–H groups in total. The van der Waals surface area contributed by atoms with Gasteiger partial charge in [0.15, 0.2) is 0 Å². The zero-order chi connectivity index (χ0) is 12.6. The number of hydrogen-bond donors (Lipinski definition) is 1. The van der Waals surface area contributed by atoms with Crippen molar-refractivity contribution in [3.05, 3.63) is 23.9 Å². The van der Waals surface area contributed by atoms with Crippen LogP contribution in [0.2, 0.25) is 0 Å². The Morgan fingerprint density at radius 2 is 2.28 bits per heavy atom. The van der Waals surface area contributed by atoms with E-state index < -0.39 is 5.60 Å². The largest absolute Gasteiger partial charge is 0.389 e. The molecule has 1 aromatic heterocycles. The number of aryl methyl sites for hydroxylation is 1. The van der Waals surface area contributed by atoms with Gasteiger partial charge >= 0.3 is 0 Å². The summed E-state index contributed by atoms with van der Waals surface area (Å²) in [5.74, 6) is 1.50. The molecule has 3 nitrogen and oxygen atoms in total. The highest BCUT2D eigenvalue weighted by Crippen LogP contribution is 2.40. The lowest BCUT2D eigenvalue weighted by molar-refractivity contribution is -0.0613. The lowest BCUT2D eigenvalue weighted by atomic mass is 9.71. The average molecular weight is 246 g/mol. The fourth-order valence-electron chi connectivity index (χ4n) is 3.47. The Morgan fingerprint density at radius 1 is 1.39 bits per heavy atom. The smallest absolute Gasteiger partial charge is 0.128 e. The molecule has 2 fully saturated rings. The molecule has 1 saturated carbocycles. The molecule has 0 spiro atoms. The van der Waals surface area contributed by atoms with Crippen molar-refractivity contribution >= 4 is 5.82 Å². The van der Waals surface area contributed by atoms with Crippen LogP contribution in [0.3, 0.4) is 0 Å². The summed E-state index contributed by atoms with van der Waals surface area (Å²) in [6.45, 7) is 4.00. The van der Waals surface area contributed by atoms with Gasteiger partial charge in [0.25, 0.3) is 0 Å². The van der Waals surface area contributed by atoms with Crippen LogP contribution in [0.5, 0.6) is 0 Å². The van der Waals surface area contributed by atoms with Crippen LogP contribution in [0, 0.1) is 12.8 Å². The molecule has 1 aliphatic heterocycles. The van der Waals surface area contributed by atoms with E-state index in [1.54, 1.807) is 0 Å². The van der Waals surface area contributed by atoms with Gasteiger partial charge in [-0.25, -0.2) is 4.98 Å². The lowest BCUT2D eigenvalue weighted by Gasteiger charge is -2.47. The Labute approximate surface area is 109 Å². The van der Waals surface area contributed by atoms with Crippen molar-refractivity contribution in [1.82, 2.24) is 4.98 Å². The summed E-state index contributed by atoms with van der Waals surface area (Å²) in [4.78, 5) is 6.81. The van der Waals surface area contributed by atoms with Gasteiger partial charge in [0.2, 0.25) is 0 Å². The van der Waals surface area contributed by atoms with Gasteiger partial charge in [0.1, 0.15) is 5.82 Å². The molecule has 2 heterocycles. The summed E-state index contributed by atoms with van der Waals surface area (Å²) in [5.41, 5.74) is 0.864. The minimum atomic E-state index is -0.390. The first kappa shape index (κ1) is 12.0. The maximum absolute atomic E-state index is 10.7. The highest BCUT2D eigenvalue weighted by atomic mass is 16.3. The van der Waals surface area contributed by atoms with Crippen molar-refractivity contribution in [2.75, 3.05) is 18.0 Å². The second kappa shape index (κ2) is 4.54. The SMILES string of the molecule is Cc1ccnc(N2CCC3(O)CCCCC3C2)c1. The van der Waals surface area contributed by atoms with Gasteiger partial charge in [-0.05, 0) is 43.9 Å². The molecule has 3 rings (SSSR count). The van der Waals surface area contributed by atoms with Crippen LogP contribution in [-0.2, 0) is 0 Å². The molecule has 3 heteroatoms. The van der Waals surface area contributed by atoms with Crippen LogP contribution in [0.1, 0.15) is 37.7 Å². The summed E-state index contributed by atoms with van der Waals surface area (Å²) in [5, 5.41) is 10.7. The predicted molar refractivity (Wildman–Crippen MR) is 72.7 cm³/mol. The second-order valence-corrected chi connectivity index (χ2v) is 5.93. The van der Waals surface area contributed by atoms with Crippen molar-refractivity contribution < 1.29 is 5.11 Å². The molecule has 0 bridgehead atoms. The number of piperidine rings is 1. The van der Waals surface area contributed by atoms with Crippen LogP contribution >= 0.6 is 0 Å². The number of nitrogens with zero attached hydrogens (tertiary/aromatic N) is 2. The second-order valence-electron chi connectivity index (χ2n) is 5.93. The third-order valence-electron chi connectivity index (χ3n) is 4.65. The lowest BCUT2D eigenvalue weighted by Crippen LogP contribution is -2.53. The zero-order valence-corrected chi connectivity index (χ0v) is 11.1. The minimum absolute atomic E-state index is 0.390. The Kier molecular flexibility index (Phi) is 3.02. The predicted octanol–water partition coefficient (Wildman–Crippen LogP) is 2.52. The molecule has 18 heavy (non-hydrogen) atoms. The summed E-state index contributed by atoms with van der Waals surface area (Å²) in [6, 6.07) is 4.18. The highest BCUT2D eigenvalue weighted by molar-refractivity contribution is 5.41. The summed E-state index contributed by atoms with van der Waals surface area (Å²) in [6.07, 6.45) is 7.39. The molecule has 0 amide bonds. The summed E-state index contributed by atoms with van der Waals surface area (Å²) in [7, 11) is 0. The van der Waals surface area contributed by atoms with Crippen molar-refractivity contribution in [3.8, 4) is 0 Å². The van der Waals surface area contributed by atoms with E-state index in [4.69, 9.17) is 0 Å². The van der Waals surface area contributed by atoms with E-state index in [0.29, 0.717) is 5.92 Å². The molecular weight excluding hydrogens is 224 g/mol. The fraction of sp³-hybridized carbons (Fsp3) is 0.667. The molecule has 1 saturated heterocycles. The van der Waals surface area contributed by atoms with E-state index in [-0.39, 0.29) is 0 Å². The first-order valence-electron chi connectivity index (χ1n) is 7.07. The molecule has 2 aliphatic rings. The number of fused-ring (bicyclic) bond motifs is 1. The third kappa shape index (κ3) is 2.12. The number of aliphatic hydroxyl groups is 1. The van der Waals surface area contributed by atoms with E-state index in [2.05, 4.69) is 22.9 Å². The van der Waals surface area contributed by atoms with E-state index in [0.717, 1.165) is 31.7 Å². The van der Waals surface area contributed by atoms with Gasteiger partial charge in [0, 0.05) is 25.2 Å². The van der Waals surface area contributed by atoms with Crippen LogP contribution in [0.25, 0.3) is 0 Å². The first-order chi connectivity index (χ1) is 8.67. The van der Waals surface area contributed by atoms with Gasteiger partial charge in [-0.2, -0.15) is 0 Å². The highest BCUT2D eigenvalue weighted by Gasteiger charge is 2.42. The van der Waals surface area contributed by atoms with E-state index >= 15 is 0 Å².